The van der Waals surface area contributed by atoms with Crippen LogP contribution in [0.5, 0.6) is 0 Å². The second-order valence-corrected chi connectivity index (χ2v) is 6.16. The lowest BCUT2D eigenvalue weighted by atomic mass is 10.1. The van der Waals surface area contributed by atoms with Gasteiger partial charge in [0.05, 0.1) is 11.8 Å². The quantitative estimate of drug-likeness (QED) is 0.791. The Balaban J connectivity index is 1.91. The Kier molecular flexibility index (Phi) is 2.72. The van der Waals surface area contributed by atoms with Crippen LogP contribution in [0.1, 0.15) is 16.4 Å². The summed E-state index contributed by atoms with van der Waals surface area (Å²) in [5, 5.41) is 1.77. The fourth-order valence-corrected chi connectivity index (χ4v) is 4.19. The second kappa shape index (κ2) is 4.08. The molecule has 1 aromatic carbocycles. The van der Waals surface area contributed by atoms with Crippen molar-refractivity contribution < 1.29 is 0 Å². The molecule has 1 unspecified atom stereocenters. The third-order valence-corrected chi connectivity index (χ3v) is 5.46. The maximum Gasteiger partial charge on any atom is 0.160 e. The van der Waals surface area contributed by atoms with Gasteiger partial charge in [-0.1, -0.05) is 45.9 Å². The molecule has 2 heterocycles. The lowest BCUT2D eigenvalue weighted by Crippen LogP contribution is -2.21. The molecule has 0 spiro atoms. The van der Waals surface area contributed by atoms with E-state index >= 15 is 0 Å². The second-order valence-electron chi connectivity index (χ2n) is 4.19. The number of benzene rings is 1. The Morgan fingerprint density at radius 2 is 2.38 bits per heavy atom. The van der Waals surface area contributed by atoms with Crippen molar-refractivity contribution in [2.75, 3.05) is 19.6 Å². The van der Waals surface area contributed by atoms with Gasteiger partial charge in [-0.3, -0.25) is 4.99 Å². The summed E-state index contributed by atoms with van der Waals surface area (Å²) in [5.41, 5.74) is 2.72. The van der Waals surface area contributed by atoms with E-state index in [4.69, 9.17) is 0 Å². The van der Waals surface area contributed by atoms with Crippen LogP contribution in [0, 0.1) is 6.92 Å². The van der Waals surface area contributed by atoms with E-state index in [-0.39, 0.29) is 0 Å². The van der Waals surface area contributed by atoms with Gasteiger partial charge in [0.15, 0.2) is 5.17 Å². The molecule has 1 fully saturated rings. The van der Waals surface area contributed by atoms with Crippen molar-refractivity contribution in [1.82, 2.24) is 4.90 Å². The summed E-state index contributed by atoms with van der Waals surface area (Å²) in [6, 6.07) is 6.50. The van der Waals surface area contributed by atoms with Crippen molar-refractivity contribution in [2.24, 2.45) is 4.99 Å². The minimum absolute atomic E-state index is 0.535. The van der Waals surface area contributed by atoms with E-state index in [0.717, 1.165) is 19.6 Å². The van der Waals surface area contributed by atoms with Crippen LogP contribution >= 0.6 is 27.7 Å². The average molecular weight is 297 g/mol. The minimum Gasteiger partial charge on any atom is -0.348 e. The Labute approximate surface area is 108 Å². The maximum atomic E-state index is 4.52. The van der Waals surface area contributed by atoms with Gasteiger partial charge in [0, 0.05) is 17.6 Å². The van der Waals surface area contributed by atoms with Crippen LogP contribution < -0.4 is 0 Å². The van der Waals surface area contributed by atoms with Gasteiger partial charge >= 0.3 is 0 Å². The van der Waals surface area contributed by atoms with Gasteiger partial charge in [-0.25, -0.2) is 0 Å². The fraction of sp³-hybridized carbons (Fsp3) is 0.417. The van der Waals surface area contributed by atoms with Crippen molar-refractivity contribution in [3.8, 4) is 0 Å². The van der Waals surface area contributed by atoms with Crippen LogP contribution in [0.2, 0.25) is 0 Å². The highest BCUT2D eigenvalue weighted by molar-refractivity contribution is 9.10. The van der Waals surface area contributed by atoms with Crippen molar-refractivity contribution in [3.63, 3.8) is 0 Å². The van der Waals surface area contributed by atoms with Gasteiger partial charge < -0.3 is 4.90 Å². The molecule has 2 aliphatic heterocycles. The molecule has 1 aromatic rings. The van der Waals surface area contributed by atoms with Gasteiger partial charge in [0.1, 0.15) is 0 Å². The summed E-state index contributed by atoms with van der Waals surface area (Å²) < 4.78 is 1.26. The molecular formula is C12H13BrN2S. The highest BCUT2D eigenvalue weighted by Gasteiger charge is 2.33. The molecule has 1 saturated heterocycles. The summed E-state index contributed by atoms with van der Waals surface area (Å²) in [6.45, 7) is 5.32. The normalized spacial score (nSPS) is 23.5. The van der Waals surface area contributed by atoms with Gasteiger partial charge in [-0.05, 0) is 18.1 Å². The van der Waals surface area contributed by atoms with Crippen molar-refractivity contribution in [1.29, 1.82) is 0 Å². The lowest BCUT2D eigenvalue weighted by molar-refractivity contribution is 0.476. The first kappa shape index (κ1) is 10.7. The number of hydrogen-bond acceptors (Lipinski definition) is 3. The first-order valence-electron chi connectivity index (χ1n) is 5.47. The van der Waals surface area contributed by atoms with Crippen LogP contribution in [-0.4, -0.2) is 29.7 Å². The number of amidine groups is 1. The van der Waals surface area contributed by atoms with E-state index in [1.54, 1.807) is 0 Å². The van der Waals surface area contributed by atoms with Crippen LogP contribution in [0.4, 0.5) is 0 Å². The monoisotopic (exact) mass is 296 g/mol. The summed E-state index contributed by atoms with van der Waals surface area (Å²) in [4.78, 5) is 6.91. The standard InChI is InChI=1S/C12H13BrN2S/c1-8-3-2-4-9(11(8)13)10-7-15-6-5-14-12(15)16-10/h2-4,10H,5-7H2,1H3. The van der Waals surface area contributed by atoms with Crippen LogP contribution in [-0.2, 0) is 0 Å². The number of aryl methyl sites for hydroxylation is 1. The minimum atomic E-state index is 0.535. The third-order valence-electron chi connectivity index (χ3n) is 3.09. The summed E-state index contributed by atoms with van der Waals surface area (Å²) >= 11 is 5.60. The molecule has 0 bridgehead atoms. The molecule has 0 saturated carbocycles. The predicted octanol–water partition coefficient (Wildman–Crippen LogP) is 3.22. The van der Waals surface area contributed by atoms with Crippen LogP contribution in [0.15, 0.2) is 27.7 Å². The molecule has 0 radical (unpaired) electrons. The number of thioether (sulfide) groups is 1. The van der Waals surface area contributed by atoms with Crippen LogP contribution in [0.3, 0.4) is 0 Å². The molecular weight excluding hydrogens is 284 g/mol. The van der Waals surface area contributed by atoms with Crippen molar-refractivity contribution in [3.05, 3.63) is 33.8 Å². The summed E-state index contributed by atoms with van der Waals surface area (Å²) in [5.74, 6) is 0. The molecule has 4 heteroatoms. The zero-order chi connectivity index (χ0) is 11.1. The Morgan fingerprint density at radius 3 is 3.19 bits per heavy atom. The summed E-state index contributed by atoms with van der Waals surface area (Å²) in [6.07, 6.45) is 0. The SMILES string of the molecule is Cc1cccc(C2CN3CCN=C3S2)c1Br. The molecule has 0 amide bonds. The van der Waals surface area contributed by atoms with E-state index in [1.165, 1.54) is 20.8 Å². The number of fused-ring (bicyclic) bond motifs is 1. The zero-order valence-electron chi connectivity index (χ0n) is 9.11. The molecule has 3 rings (SSSR count). The lowest BCUT2D eigenvalue weighted by Gasteiger charge is -2.14. The molecule has 1 atom stereocenters. The number of nitrogens with zero attached hydrogens (tertiary/aromatic N) is 2. The number of aliphatic imine (C=N–C) groups is 1. The fourth-order valence-electron chi connectivity index (χ4n) is 2.19. The van der Waals surface area contributed by atoms with Crippen molar-refractivity contribution in [2.45, 2.75) is 12.2 Å². The first-order valence-corrected chi connectivity index (χ1v) is 7.14. The number of halogens is 1. The van der Waals surface area contributed by atoms with Crippen molar-refractivity contribution >= 4 is 32.9 Å². The molecule has 16 heavy (non-hydrogen) atoms. The largest absolute Gasteiger partial charge is 0.348 e. The van der Waals surface area contributed by atoms with Gasteiger partial charge in [-0.15, -0.1) is 0 Å². The summed E-state index contributed by atoms with van der Waals surface area (Å²) in [7, 11) is 0. The highest BCUT2D eigenvalue weighted by Crippen LogP contribution is 2.42. The Bertz CT molecular complexity index is 458. The number of hydrogen-bond donors (Lipinski definition) is 0. The maximum absolute atomic E-state index is 4.52. The van der Waals surface area contributed by atoms with Gasteiger partial charge in [0.2, 0.25) is 0 Å². The third kappa shape index (κ3) is 1.68. The van der Waals surface area contributed by atoms with Crippen LogP contribution in [0.25, 0.3) is 0 Å². The highest BCUT2D eigenvalue weighted by atomic mass is 79.9. The van der Waals surface area contributed by atoms with E-state index in [0.29, 0.717) is 5.25 Å². The van der Waals surface area contributed by atoms with E-state index in [2.05, 4.69) is 50.9 Å². The predicted molar refractivity (Wildman–Crippen MR) is 73.1 cm³/mol. The smallest absolute Gasteiger partial charge is 0.160 e. The topological polar surface area (TPSA) is 15.6 Å². The molecule has 84 valence electrons. The molecule has 2 nitrogen and oxygen atoms in total. The van der Waals surface area contributed by atoms with E-state index < -0.39 is 0 Å². The van der Waals surface area contributed by atoms with Gasteiger partial charge in [-0.2, -0.15) is 0 Å². The molecule has 0 aliphatic carbocycles. The van der Waals surface area contributed by atoms with E-state index in [1.807, 2.05) is 11.8 Å². The average Bonchev–Trinajstić information content (AvgIpc) is 2.81. The molecule has 0 N–H and O–H groups in total. The molecule has 0 aromatic heterocycles. The van der Waals surface area contributed by atoms with Gasteiger partial charge in [0.25, 0.3) is 0 Å². The first-order chi connectivity index (χ1) is 7.75. The van der Waals surface area contributed by atoms with E-state index in [9.17, 15) is 0 Å². The number of rotatable bonds is 1. The zero-order valence-corrected chi connectivity index (χ0v) is 11.5. The molecule has 2 aliphatic rings. The Morgan fingerprint density at radius 1 is 1.50 bits per heavy atom. The Hall–Kier alpha value is -0.480.